The first-order chi connectivity index (χ1) is 11.8. The maximum absolute atomic E-state index is 12.4. The van der Waals surface area contributed by atoms with Gasteiger partial charge in [0.25, 0.3) is 0 Å². The van der Waals surface area contributed by atoms with Gasteiger partial charge in [-0.1, -0.05) is 13.8 Å². The summed E-state index contributed by atoms with van der Waals surface area (Å²) in [6.07, 6.45) is 0.850. The van der Waals surface area contributed by atoms with E-state index in [9.17, 15) is 10.1 Å². The molecule has 1 N–H and O–H groups in total. The molecule has 0 saturated carbocycles. The number of nitriles is 1. The Morgan fingerprint density at radius 3 is 2.44 bits per heavy atom. The molecule has 25 heavy (non-hydrogen) atoms. The summed E-state index contributed by atoms with van der Waals surface area (Å²) in [5, 5.41) is 12.2. The number of hydrogen-bond acceptors (Lipinski definition) is 5. The smallest absolute Gasteiger partial charge is 0.235 e. The summed E-state index contributed by atoms with van der Waals surface area (Å²) >= 11 is 0. The molecule has 1 amide bonds. The lowest BCUT2D eigenvalue weighted by Gasteiger charge is -2.31. The zero-order valence-electron chi connectivity index (χ0n) is 15.7. The predicted octanol–water partition coefficient (Wildman–Crippen LogP) is 2.12. The highest BCUT2D eigenvalue weighted by Crippen LogP contribution is 2.33. The van der Waals surface area contributed by atoms with Gasteiger partial charge >= 0.3 is 0 Å². The second kappa shape index (κ2) is 7.75. The van der Waals surface area contributed by atoms with Crippen LogP contribution in [-0.4, -0.2) is 43.7 Å². The largest absolute Gasteiger partial charge is 0.493 e. The van der Waals surface area contributed by atoms with E-state index in [0.29, 0.717) is 12.3 Å². The first kappa shape index (κ1) is 19.1. The van der Waals surface area contributed by atoms with Crippen LogP contribution in [-0.2, 0) is 17.8 Å². The minimum absolute atomic E-state index is 0.0419. The van der Waals surface area contributed by atoms with Gasteiger partial charge in [0.15, 0.2) is 11.5 Å². The van der Waals surface area contributed by atoms with Crippen LogP contribution in [0, 0.1) is 17.2 Å². The summed E-state index contributed by atoms with van der Waals surface area (Å²) in [6.45, 7) is 7.37. The number of amides is 1. The Labute approximate surface area is 149 Å². The molecule has 6 heteroatoms. The molecule has 0 aliphatic carbocycles. The maximum Gasteiger partial charge on any atom is 0.235 e. The van der Waals surface area contributed by atoms with Crippen molar-refractivity contribution in [2.45, 2.75) is 39.3 Å². The Morgan fingerprint density at radius 1 is 1.32 bits per heavy atom. The first-order valence-electron chi connectivity index (χ1n) is 8.51. The molecular formula is C19H27N3O3. The van der Waals surface area contributed by atoms with E-state index < -0.39 is 5.54 Å². The number of fused-ring (bicyclic) bond motifs is 1. The molecule has 6 nitrogen and oxygen atoms in total. The molecule has 0 saturated heterocycles. The van der Waals surface area contributed by atoms with Crippen LogP contribution in [0.4, 0.5) is 0 Å². The van der Waals surface area contributed by atoms with Gasteiger partial charge in [0.1, 0.15) is 5.54 Å². The van der Waals surface area contributed by atoms with Gasteiger partial charge in [-0.25, -0.2) is 0 Å². The van der Waals surface area contributed by atoms with Crippen molar-refractivity contribution < 1.29 is 14.3 Å². The molecular weight excluding hydrogens is 318 g/mol. The van der Waals surface area contributed by atoms with Gasteiger partial charge in [0.2, 0.25) is 5.91 Å². The molecule has 0 bridgehead atoms. The van der Waals surface area contributed by atoms with Crippen LogP contribution < -0.4 is 14.8 Å². The normalized spacial score (nSPS) is 16.5. The van der Waals surface area contributed by atoms with Crippen LogP contribution in [0.25, 0.3) is 0 Å². The van der Waals surface area contributed by atoms with Crippen molar-refractivity contribution >= 4 is 5.91 Å². The van der Waals surface area contributed by atoms with Gasteiger partial charge in [-0.3, -0.25) is 9.69 Å². The summed E-state index contributed by atoms with van der Waals surface area (Å²) in [5.41, 5.74) is 1.52. The number of carbonyl (C=O) groups is 1. The molecule has 1 aromatic rings. The molecule has 2 rings (SSSR count). The highest BCUT2D eigenvalue weighted by Gasteiger charge is 2.31. The number of rotatable bonds is 6. The fraction of sp³-hybridized carbons (Fsp3) is 0.579. The third-order valence-corrected chi connectivity index (χ3v) is 4.95. The van der Waals surface area contributed by atoms with Crippen molar-refractivity contribution in [3.63, 3.8) is 0 Å². The highest BCUT2D eigenvalue weighted by atomic mass is 16.5. The SMILES string of the molecule is COc1cc2c(cc1OC)CN(CC(=O)N[C@@](C)(C#N)C(C)C)CC2. The fourth-order valence-electron chi connectivity index (χ4n) is 2.91. The van der Waals surface area contributed by atoms with Gasteiger partial charge in [-0.2, -0.15) is 5.26 Å². The van der Waals surface area contributed by atoms with Gasteiger partial charge in [0.05, 0.1) is 26.8 Å². The topological polar surface area (TPSA) is 74.6 Å². The second-order valence-electron chi connectivity index (χ2n) is 6.95. The molecule has 1 heterocycles. The van der Waals surface area contributed by atoms with Gasteiger partial charge in [-0.05, 0) is 42.5 Å². The lowest BCUT2D eigenvalue weighted by atomic mass is 9.90. The number of carbonyl (C=O) groups excluding carboxylic acids is 1. The van der Waals surface area contributed by atoms with Crippen molar-refractivity contribution in [1.29, 1.82) is 5.26 Å². The molecule has 1 aliphatic rings. The average molecular weight is 345 g/mol. The average Bonchev–Trinajstić information content (AvgIpc) is 2.59. The quantitative estimate of drug-likeness (QED) is 0.855. The third-order valence-electron chi connectivity index (χ3n) is 4.95. The molecule has 1 aliphatic heterocycles. The molecule has 136 valence electrons. The summed E-state index contributed by atoms with van der Waals surface area (Å²) in [5.74, 6) is 1.35. The maximum atomic E-state index is 12.4. The molecule has 0 spiro atoms. The minimum atomic E-state index is -0.846. The molecule has 1 atom stereocenters. The number of hydrogen-bond donors (Lipinski definition) is 1. The van der Waals surface area contributed by atoms with E-state index in [2.05, 4.69) is 16.3 Å². The van der Waals surface area contributed by atoms with Gasteiger partial charge < -0.3 is 14.8 Å². The molecule has 0 unspecified atom stereocenters. The summed E-state index contributed by atoms with van der Waals surface area (Å²) in [6, 6.07) is 6.20. The van der Waals surface area contributed by atoms with E-state index in [1.54, 1.807) is 21.1 Å². The number of nitrogens with one attached hydrogen (secondary N) is 1. The van der Waals surface area contributed by atoms with Crippen LogP contribution >= 0.6 is 0 Å². The standard InChI is InChI=1S/C19H27N3O3/c1-13(2)19(3,12-20)21-18(23)11-22-7-6-14-8-16(24-4)17(25-5)9-15(14)10-22/h8-9,13H,6-7,10-11H2,1-5H3,(H,21,23)/t19-/m0/s1. The zero-order valence-corrected chi connectivity index (χ0v) is 15.7. The van der Waals surface area contributed by atoms with Gasteiger partial charge in [0, 0.05) is 13.1 Å². The number of benzene rings is 1. The Morgan fingerprint density at radius 2 is 1.92 bits per heavy atom. The van der Waals surface area contributed by atoms with E-state index in [1.807, 2.05) is 26.0 Å². The predicted molar refractivity (Wildman–Crippen MR) is 95.5 cm³/mol. The Bertz CT molecular complexity index is 681. The van der Waals surface area contributed by atoms with Crippen LogP contribution in [0.2, 0.25) is 0 Å². The van der Waals surface area contributed by atoms with Gasteiger partial charge in [-0.15, -0.1) is 0 Å². The second-order valence-corrected chi connectivity index (χ2v) is 6.95. The molecule has 0 aromatic heterocycles. The van der Waals surface area contributed by atoms with Crippen LogP contribution in [0.3, 0.4) is 0 Å². The summed E-state index contributed by atoms with van der Waals surface area (Å²) < 4.78 is 10.7. The Kier molecular flexibility index (Phi) is 5.91. The Balaban J connectivity index is 2.06. The number of nitrogens with zero attached hydrogens (tertiary/aromatic N) is 2. The minimum Gasteiger partial charge on any atom is -0.493 e. The van der Waals surface area contributed by atoms with Crippen molar-refractivity contribution in [3.8, 4) is 17.6 Å². The Hall–Kier alpha value is -2.26. The third kappa shape index (κ3) is 4.23. The highest BCUT2D eigenvalue weighted by molar-refractivity contribution is 5.79. The lowest BCUT2D eigenvalue weighted by Crippen LogP contribution is -2.52. The molecule has 1 aromatic carbocycles. The van der Waals surface area contributed by atoms with Crippen molar-refractivity contribution in [2.24, 2.45) is 5.92 Å². The van der Waals surface area contributed by atoms with E-state index in [1.165, 1.54) is 5.56 Å². The van der Waals surface area contributed by atoms with Crippen LogP contribution in [0.1, 0.15) is 31.9 Å². The molecule has 0 fully saturated rings. The first-order valence-corrected chi connectivity index (χ1v) is 8.51. The summed E-state index contributed by atoms with van der Waals surface area (Å²) in [4.78, 5) is 14.5. The number of ether oxygens (including phenoxy) is 2. The van der Waals surface area contributed by atoms with Crippen LogP contribution in [0.5, 0.6) is 11.5 Å². The molecule has 0 radical (unpaired) electrons. The fourth-order valence-corrected chi connectivity index (χ4v) is 2.91. The van der Waals surface area contributed by atoms with E-state index >= 15 is 0 Å². The van der Waals surface area contributed by atoms with Crippen molar-refractivity contribution in [2.75, 3.05) is 27.3 Å². The van der Waals surface area contributed by atoms with E-state index in [-0.39, 0.29) is 18.4 Å². The van der Waals surface area contributed by atoms with Crippen molar-refractivity contribution in [1.82, 2.24) is 10.2 Å². The van der Waals surface area contributed by atoms with Crippen LogP contribution in [0.15, 0.2) is 12.1 Å². The van der Waals surface area contributed by atoms with E-state index in [4.69, 9.17) is 9.47 Å². The van der Waals surface area contributed by atoms with Crippen molar-refractivity contribution in [3.05, 3.63) is 23.3 Å². The lowest BCUT2D eigenvalue weighted by molar-refractivity contribution is -0.124. The summed E-state index contributed by atoms with van der Waals surface area (Å²) in [7, 11) is 3.25. The van der Waals surface area contributed by atoms with E-state index in [0.717, 1.165) is 24.3 Å². The monoisotopic (exact) mass is 345 g/mol. The zero-order chi connectivity index (χ0) is 18.6. The number of methoxy groups -OCH3 is 2.